The normalized spacial score (nSPS) is 21.2. The van der Waals surface area contributed by atoms with Crippen LogP contribution in [0.5, 0.6) is 0 Å². The van der Waals surface area contributed by atoms with E-state index in [-0.39, 0.29) is 0 Å². The van der Waals surface area contributed by atoms with Gasteiger partial charge in [-0.3, -0.25) is 0 Å². The van der Waals surface area contributed by atoms with Crippen LogP contribution >= 0.6 is 0 Å². The van der Waals surface area contributed by atoms with Crippen molar-refractivity contribution in [1.29, 1.82) is 0 Å². The van der Waals surface area contributed by atoms with Crippen molar-refractivity contribution >= 4 is 11.4 Å². The van der Waals surface area contributed by atoms with Crippen LogP contribution in [-0.4, -0.2) is 39.3 Å². The maximum atomic E-state index is 3.39. The Morgan fingerprint density at radius 1 is 0.800 bits per heavy atom. The predicted molar refractivity (Wildman–Crippen MR) is 86.8 cm³/mol. The molecule has 0 aliphatic carbocycles. The zero-order valence-corrected chi connectivity index (χ0v) is 12.6. The van der Waals surface area contributed by atoms with Crippen LogP contribution in [0.3, 0.4) is 0 Å². The largest absolute Gasteiger partial charge is 0.372 e. The molecule has 0 amide bonds. The van der Waals surface area contributed by atoms with Gasteiger partial charge >= 0.3 is 0 Å². The molecule has 0 radical (unpaired) electrons. The number of hydrogen-bond acceptors (Lipinski definition) is 3. The van der Waals surface area contributed by atoms with E-state index in [0.717, 1.165) is 0 Å². The summed E-state index contributed by atoms with van der Waals surface area (Å²) in [6, 6.07) is 9.95. The molecule has 0 unspecified atom stereocenters. The van der Waals surface area contributed by atoms with E-state index in [2.05, 4.69) is 46.4 Å². The lowest BCUT2D eigenvalue weighted by Crippen LogP contribution is -2.41. The van der Waals surface area contributed by atoms with E-state index in [1.165, 1.54) is 69.7 Å². The Balaban J connectivity index is 1.61. The van der Waals surface area contributed by atoms with Crippen LogP contribution in [0, 0.1) is 0 Å². The third-order valence-corrected chi connectivity index (χ3v) is 4.84. The fourth-order valence-electron chi connectivity index (χ4n) is 3.45. The number of benzene rings is 1. The van der Waals surface area contributed by atoms with Crippen molar-refractivity contribution < 1.29 is 0 Å². The molecule has 3 nitrogen and oxygen atoms in total. The number of nitrogens with one attached hydrogen (secondary N) is 1. The average molecular weight is 273 g/mol. The molecule has 110 valence electrons. The van der Waals surface area contributed by atoms with Gasteiger partial charge in [-0.05, 0) is 63.4 Å². The summed E-state index contributed by atoms with van der Waals surface area (Å²) in [6.07, 6.45) is 6.60. The highest BCUT2D eigenvalue weighted by molar-refractivity contribution is 5.56. The first kappa shape index (κ1) is 13.7. The Bertz CT molecular complexity index is 401. The minimum atomic E-state index is 0.707. The van der Waals surface area contributed by atoms with E-state index in [9.17, 15) is 0 Å². The monoisotopic (exact) mass is 273 g/mol. The van der Waals surface area contributed by atoms with Crippen LogP contribution in [0.25, 0.3) is 0 Å². The van der Waals surface area contributed by atoms with Gasteiger partial charge in [-0.25, -0.2) is 0 Å². The van der Waals surface area contributed by atoms with Gasteiger partial charge in [0, 0.05) is 43.6 Å². The summed E-state index contributed by atoms with van der Waals surface area (Å²) in [4.78, 5) is 5.05. The molecular formula is C17H27N3. The highest BCUT2D eigenvalue weighted by Crippen LogP contribution is 2.25. The lowest BCUT2D eigenvalue weighted by atomic mass is 10.0. The van der Waals surface area contributed by atoms with Crippen molar-refractivity contribution in [3.05, 3.63) is 24.3 Å². The second-order valence-corrected chi connectivity index (χ2v) is 6.11. The number of nitrogens with zero attached hydrogens (tertiary/aromatic N) is 2. The minimum Gasteiger partial charge on any atom is -0.372 e. The van der Waals surface area contributed by atoms with Crippen molar-refractivity contribution in [2.24, 2.45) is 0 Å². The molecule has 0 spiro atoms. The molecule has 0 saturated carbocycles. The van der Waals surface area contributed by atoms with E-state index in [4.69, 9.17) is 0 Å². The number of hydrogen-bond donors (Lipinski definition) is 1. The van der Waals surface area contributed by atoms with Gasteiger partial charge in [0.05, 0.1) is 0 Å². The van der Waals surface area contributed by atoms with Gasteiger partial charge < -0.3 is 15.1 Å². The summed E-state index contributed by atoms with van der Waals surface area (Å²) in [5.41, 5.74) is 2.79. The highest BCUT2D eigenvalue weighted by atomic mass is 15.2. The zero-order valence-electron chi connectivity index (χ0n) is 12.6. The quantitative estimate of drug-likeness (QED) is 0.913. The Morgan fingerprint density at radius 2 is 1.30 bits per heavy atom. The lowest BCUT2D eigenvalue weighted by Gasteiger charge is -2.34. The van der Waals surface area contributed by atoms with Gasteiger partial charge in [0.2, 0.25) is 0 Å². The minimum absolute atomic E-state index is 0.707. The van der Waals surface area contributed by atoms with Crippen LogP contribution in [0.2, 0.25) is 0 Å². The van der Waals surface area contributed by atoms with Gasteiger partial charge in [-0.1, -0.05) is 0 Å². The fraction of sp³-hybridized carbons (Fsp3) is 0.647. The van der Waals surface area contributed by atoms with Gasteiger partial charge in [-0.15, -0.1) is 0 Å². The van der Waals surface area contributed by atoms with Crippen molar-refractivity contribution in [1.82, 2.24) is 5.32 Å². The molecule has 0 aromatic heterocycles. The van der Waals surface area contributed by atoms with E-state index in [0.29, 0.717) is 6.04 Å². The first-order valence-corrected chi connectivity index (χ1v) is 8.14. The Hall–Kier alpha value is -1.22. The van der Waals surface area contributed by atoms with Gasteiger partial charge in [0.25, 0.3) is 0 Å². The standard InChI is InChI=1S/C17H27N3/c1-18-15-9-13-20(14-10-15)17-7-5-16(6-8-17)19-11-3-2-4-12-19/h5-8,15,18H,2-4,9-14H2,1H3. The van der Waals surface area contributed by atoms with Crippen LogP contribution in [0.15, 0.2) is 24.3 Å². The summed E-state index contributed by atoms with van der Waals surface area (Å²) in [6.45, 7) is 4.81. The first-order valence-electron chi connectivity index (χ1n) is 8.14. The van der Waals surface area contributed by atoms with Crippen LogP contribution in [0.4, 0.5) is 11.4 Å². The second kappa shape index (κ2) is 6.49. The molecule has 3 rings (SSSR count). The van der Waals surface area contributed by atoms with E-state index < -0.39 is 0 Å². The Labute approximate surface area is 123 Å². The smallest absolute Gasteiger partial charge is 0.0367 e. The summed E-state index contributed by atoms with van der Waals surface area (Å²) < 4.78 is 0. The molecule has 2 heterocycles. The number of anilines is 2. The fourth-order valence-corrected chi connectivity index (χ4v) is 3.45. The van der Waals surface area contributed by atoms with Crippen molar-refractivity contribution in [2.75, 3.05) is 43.0 Å². The van der Waals surface area contributed by atoms with Crippen LogP contribution < -0.4 is 15.1 Å². The van der Waals surface area contributed by atoms with Crippen molar-refractivity contribution in [3.63, 3.8) is 0 Å². The molecule has 0 atom stereocenters. The first-order chi connectivity index (χ1) is 9.86. The molecule has 3 heteroatoms. The van der Waals surface area contributed by atoms with Crippen LogP contribution in [-0.2, 0) is 0 Å². The van der Waals surface area contributed by atoms with Crippen molar-refractivity contribution in [2.45, 2.75) is 38.1 Å². The third kappa shape index (κ3) is 3.09. The van der Waals surface area contributed by atoms with Gasteiger partial charge in [0.15, 0.2) is 0 Å². The summed E-state index contributed by atoms with van der Waals surface area (Å²) in [5.74, 6) is 0. The molecule has 2 aliphatic rings. The molecule has 0 bridgehead atoms. The number of piperidine rings is 2. The Morgan fingerprint density at radius 3 is 1.80 bits per heavy atom. The van der Waals surface area contributed by atoms with Gasteiger partial charge in [-0.2, -0.15) is 0 Å². The van der Waals surface area contributed by atoms with E-state index in [1.54, 1.807) is 0 Å². The van der Waals surface area contributed by atoms with E-state index in [1.807, 2.05) is 0 Å². The maximum Gasteiger partial charge on any atom is 0.0367 e. The lowest BCUT2D eigenvalue weighted by molar-refractivity contribution is 0.442. The topological polar surface area (TPSA) is 18.5 Å². The Kier molecular flexibility index (Phi) is 4.46. The van der Waals surface area contributed by atoms with Gasteiger partial charge in [0.1, 0.15) is 0 Å². The molecule has 1 aromatic carbocycles. The second-order valence-electron chi connectivity index (χ2n) is 6.11. The number of rotatable bonds is 3. The van der Waals surface area contributed by atoms with Crippen molar-refractivity contribution in [3.8, 4) is 0 Å². The van der Waals surface area contributed by atoms with Crippen LogP contribution in [0.1, 0.15) is 32.1 Å². The molecule has 1 N–H and O–H groups in total. The summed E-state index contributed by atoms with van der Waals surface area (Å²) >= 11 is 0. The SMILES string of the molecule is CNC1CCN(c2ccc(N3CCCCC3)cc2)CC1. The molecule has 1 aromatic rings. The zero-order chi connectivity index (χ0) is 13.8. The predicted octanol–water partition coefficient (Wildman–Crippen LogP) is 2.87. The third-order valence-electron chi connectivity index (χ3n) is 4.84. The molecule has 2 aliphatic heterocycles. The highest BCUT2D eigenvalue weighted by Gasteiger charge is 2.18. The summed E-state index contributed by atoms with van der Waals surface area (Å²) in [7, 11) is 2.08. The molecule has 2 fully saturated rings. The molecular weight excluding hydrogens is 246 g/mol. The molecule has 2 saturated heterocycles. The average Bonchev–Trinajstić information content (AvgIpc) is 2.56. The summed E-state index contributed by atoms with van der Waals surface area (Å²) in [5, 5.41) is 3.39. The maximum absolute atomic E-state index is 3.39. The van der Waals surface area contributed by atoms with E-state index >= 15 is 0 Å². The molecule has 20 heavy (non-hydrogen) atoms.